The van der Waals surface area contributed by atoms with Gasteiger partial charge in [0.2, 0.25) is 0 Å². The Morgan fingerprint density at radius 2 is 1.76 bits per heavy atom. The van der Waals surface area contributed by atoms with Gasteiger partial charge in [-0.3, -0.25) is 0 Å². The highest BCUT2D eigenvalue weighted by atomic mass is 79.9. The first kappa shape index (κ1) is 12.4. The molecule has 1 heterocycles. The standard InChI is InChI=1S/C12H12BrN3S/c1-7-5-8(2)16-12(15-7)17-11-4-3-9(13)6-10(11)14/h3-6H,14H2,1-2H3. The lowest BCUT2D eigenvalue weighted by Crippen LogP contribution is -1.94. The number of aromatic nitrogens is 2. The Hall–Kier alpha value is -1.07. The van der Waals surface area contributed by atoms with E-state index in [1.54, 1.807) is 0 Å². The maximum Gasteiger partial charge on any atom is 0.192 e. The maximum atomic E-state index is 5.94. The molecule has 0 saturated carbocycles. The van der Waals surface area contributed by atoms with E-state index in [4.69, 9.17) is 5.73 Å². The van der Waals surface area contributed by atoms with Gasteiger partial charge in [-0.1, -0.05) is 15.9 Å². The van der Waals surface area contributed by atoms with Gasteiger partial charge in [-0.05, 0) is 49.9 Å². The molecule has 0 amide bonds. The van der Waals surface area contributed by atoms with Crippen molar-refractivity contribution in [2.24, 2.45) is 0 Å². The molecule has 0 saturated heterocycles. The van der Waals surface area contributed by atoms with E-state index in [0.29, 0.717) is 0 Å². The molecule has 2 rings (SSSR count). The Kier molecular flexibility index (Phi) is 3.69. The average Bonchev–Trinajstić information content (AvgIpc) is 2.21. The van der Waals surface area contributed by atoms with E-state index >= 15 is 0 Å². The van der Waals surface area contributed by atoms with Gasteiger partial charge in [0.1, 0.15) is 0 Å². The van der Waals surface area contributed by atoms with Crippen molar-refractivity contribution in [1.82, 2.24) is 9.97 Å². The number of nitrogens with two attached hydrogens (primary N) is 1. The van der Waals surface area contributed by atoms with Gasteiger partial charge in [0.05, 0.1) is 0 Å². The van der Waals surface area contributed by atoms with Gasteiger partial charge in [0, 0.05) is 26.4 Å². The number of anilines is 1. The van der Waals surface area contributed by atoms with E-state index < -0.39 is 0 Å². The summed E-state index contributed by atoms with van der Waals surface area (Å²) in [5.41, 5.74) is 8.60. The van der Waals surface area contributed by atoms with Gasteiger partial charge in [-0.15, -0.1) is 0 Å². The number of hydrogen-bond acceptors (Lipinski definition) is 4. The van der Waals surface area contributed by atoms with E-state index in [2.05, 4.69) is 25.9 Å². The van der Waals surface area contributed by atoms with Crippen molar-refractivity contribution < 1.29 is 0 Å². The molecule has 2 aromatic rings. The predicted octanol–water partition coefficient (Wildman–Crippen LogP) is 3.59. The summed E-state index contributed by atoms with van der Waals surface area (Å²) in [7, 11) is 0. The van der Waals surface area contributed by atoms with Crippen molar-refractivity contribution in [3.63, 3.8) is 0 Å². The fraction of sp³-hybridized carbons (Fsp3) is 0.167. The molecule has 0 unspecified atom stereocenters. The lowest BCUT2D eigenvalue weighted by molar-refractivity contribution is 0.902. The van der Waals surface area contributed by atoms with Crippen LogP contribution in [-0.4, -0.2) is 9.97 Å². The second-order valence-corrected chi connectivity index (χ2v) is 5.64. The Bertz CT molecular complexity index is 537. The molecule has 2 N–H and O–H groups in total. The Morgan fingerprint density at radius 3 is 2.35 bits per heavy atom. The Balaban J connectivity index is 2.31. The van der Waals surface area contributed by atoms with Crippen LogP contribution in [0.2, 0.25) is 0 Å². The van der Waals surface area contributed by atoms with Gasteiger partial charge in [-0.2, -0.15) is 0 Å². The highest BCUT2D eigenvalue weighted by Crippen LogP contribution is 2.31. The zero-order chi connectivity index (χ0) is 12.4. The van der Waals surface area contributed by atoms with Crippen LogP contribution in [0, 0.1) is 13.8 Å². The number of nitrogens with zero attached hydrogens (tertiary/aromatic N) is 2. The molecule has 88 valence electrons. The van der Waals surface area contributed by atoms with Gasteiger partial charge in [0.25, 0.3) is 0 Å². The molecular weight excluding hydrogens is 298 g/mol. The minimum absolute atomic E-state index is 0.729. The summed E-state index contributed by atoms with van der Waals surface area (Å²) < 4.78 is 0.973. The zero-order valence-electron chi connectivity index (χ0n) is 9.57. The SMILES string of the molecule is Cc1cc(C)nc(Sc2ccc(Br)cc2N)n1. The summed E-state index contributed by atoms with van der Waals surface area (Å²) in [5, 5.41) is 0.733. The Labute approximate surface area is 113 Å². The van der Waals surface area contributed by atoms with Crippen molar-refractivity contribution >= 4 is 33.4 Å². The molecule has 0 aliphatic carbocycles. The van der Waals surface area contributed by atoms with Crippen molar-refractivity contribution in [3.8, 4) is 0 Å². The first-order chi connectivity index (χ1) is 8.04. The summed E-state index contributed by atoms with van der Waals surface area (Å²) in [5.74, 6) is 0. The van der Waals surface area contributed by atoms with Crippen LogP contribution in [0.25, 0.3) is 0 Å². The summed E-state index contributed by atoms with van der Waals surface area (Å²) in [6.07, 6.45) is 0. The number of aryl methyl sites for hydroxylation is 2. The van der Waals surface area contributed by atoms with Gasteiger partial charge < -0.3 is 5.73 Å². The number of rotatable bonds is 2. The second kappa shape index (κ2) is 5.06. The summed E-state index contributed by atoms with van der Waals surface area (Å²) in [6, 6.07) is 7.76. The van der Waals surface area contributed by atoms with Crippen LogP contribution in [0.5, 0.6) is 0 Å². The lowest BCUT2D eigenvalue weighted by Gasteiger charge is -2.06. The molecule has 17 heavy (non-hydrogen) atoms. The second-order valence-electron chi connectivity index (χ2n) is 3.72. The van der Waals surface area contributed by atoms with Crippen LogP contribution >= 0.6 is 27.7 Å². The molecule has 0 spiro atoms. The van der Waals surface area contributed by atoms with Crippen LogP contribution in [0.1, 0.15) is 11.4 Å². The van der Waals surface area contributed by atoms with Gasteiger partial charge >= 0.3 is 0 Å². The summed E-state index contributed by atoms with van der Waals surface area (Å²) in [6.45, 7) is 3.92. The van der Waals surface area contributed by atoms with Crippen molar-refractivity contribution in [3.05, 3.63) is 40.1 Å². The third-order valence-corrected chi connectivity index (χ3v) is 3.58. The molecule has 1 aromatic heterocycles. The monoisotopic (exact) mass is 309 g/mol. The van der Waals surface area contributed by atoms with Crippen LogP contribution in [0.4, 0.5) is 5.69 Å². The topological polar surface area (TPSA) is 51.8 Å². The van der Waals surface area contributed by atoms with Crippen molar-refractivity contribution in [1.29, 1.82) is 0 Å². The number of halogens is 1. The van der Waals surface area contributed by atoms with Crippen molar-refractivity contribution in [2.75, 3.05) is 5.73 Å². The van der Waals surface area contributed by atoms with Gasteiger partial charge in [0.15, 0.2) is 5.16 Å². The van der Waals surface area contributed by atoms with E-state index in [1.165, 1.54) is 11.8 Å². The van der Waals surface area contributed by atoms with Crippen molar-refractivity contribution in [2.45, 2.75) is 23.9 Å². The van der Waals surface area contributed by atoms with Crippen LogP contribution in [0.3, 0.4) is 0 Å². The lowest BCUT2D eigenvalue weighted by atomic mass is 10.3. The smallest absolute Gasteiger partial charge is 0.192 e. The molecular formula is C12H12BrN3S. The maximum absolute atomic E-state index is 5.94. The molecule has 5 heteroatoms. The largest absolute Gasteiger partial charge is 0.398 e. The molecule has 0 radical (unpaired) electrons. The van der Waals surface area contributed by atoms with E-state index in [9.17, 15) is 0 Å². The highest BCUT2D eigenvalue weighted by Gasteiger charge is 2.06. The average molecular weight is 310 g/mol. The zero-order valence-corrected chi connectivity index (χ0v) is 12.0. The van der Waals surface area contributed by atoms with E-state index in [-0.39, 0.29) is 0 Å². The number of hydrogen-bond donors (Lipinski definition) is 1. The first-order valence-corrected chi connectivity index (χ1v) is 6.71. The molecule has 0 bridgehead atoms. The summed E-state index contributed by atoms with van der Waals surface area (Å²) >= 11 is 4.87. The Morgan fingerprint density at radius 1 is 1.12 bits per heavy atom. The number of nitrogen functional groups attached to an aromatic ring is 1. The molecule has 1 aromatic carbocycles. The fourth-order valence-electron chi connectivity index (χ4n) is 1.45. The molecule has 0 atom stereocenters. The summed E-state index contributed by atoms with van der Waals surface area (Å²) in [4.78, 5) is 9.73. The molecule has 0 aliphatic heterocycles. The third-order valence-electron chi connectivity index (χ3n) is 2.13. The molecule has 0 aliphatic rings. The predicted molar refractivity (Wildman–Crippen MR) is 74.2 cm³/mol. The van der Waals surface area contributed by atoms with Crippen LogP contribution in [-0.2, 0) is 0 Å². The van der Waals surface area contributed by atoms with E-state index in [0.717, 1.165) is 31.6 Å². The quantitative estimate of drug-likeness (QED) is 0.680. The highest BCUT2D eigenvalue weighted by molar-refractivity contribution is 9.10. The minimum Gasteiger partial charge on any atom is -0.398 e. The van der Waals surface area contributed by atoms with Crippen LogP contribution < -0.4 is 5.73 Å². The molecule has 0 fully saturated rings. The molecule has 3 nitrogen and oxygen atoms in total. The van der Waals surface area contributed by atoms with Gasteiger partial charge in [-0.25, -0.2) is 9.97 Å². The fourth-order valence-corrected chi connectivity index (χ4v) is 2.72. The van der Waals surface area contributed by atoms with Crippen LogP contribution in [0.15, 0.2) is 38.8 Å². The first-order valence-electron chi connectivity index (χ1n) is 5.10. The number of benzene rings is 1. The third kappa shape index (κ3) is 3.20. The minimum atomic E-state index is 0.729. The normalized spacial score (nSPS) is 10.5. The van der Waals surface area contributed by atoms with E-state index in [1.807, 2.05) is 38.1 Å².